The van der Waals surface area contributed by atoms with Gasteiger partial charge in [0.2, 0.25) is 10.0 Å². The lowest BCUT2D eigenvalue weighted by atomic mass is 10.1. The summed E-state index contributed by atoms with van der Waals surface area (Å²) in [5, 5.41) is 2.30. The van der Waals surface area contributed by atoms with E-state index in [9.17, 15) is 13.2 Å². The van der Waals surface area contributed by atoms with Crippen molar-refractivity contribution in [3.05, 3.63) is 113 Å². The van der Waals surface area contributed by atoms with E-state index in [0.717, 1.165) is 22.8 Å². The topological polar surface area (TPSA) is 72.3 Å². The highest BCUT2D eigenvalue weighted by Gasteiger charge is 2.32. The van der Waals surface area contributed by atoms with Gasteiger partial charge in [-0.2, -0.15) is 4.31 Å². The van der Waals surface area contributed by atoms with Gasteiger partial charge >= 0.3 is 0 Å². The van der Waals surface area contributed by atoms with Gasteiger partial charge in [0.1, 0.15) is 5.82 Å². The van der Waals surface area contributed by atoms with Gasteiger partial charge in [0.25, 0.3) is 5.56 Å². The first-order chi connectivity index (χ1) is 17.8. The van der Waals surface area contributed by atoms with Crippen molar-refractivity contribution in [1.29, 1.82) is 0 Å². The molecule has 5 aromatic rings. The van der Waals surface area contributed by atoms with Gasteiger partial charge in [0.15, 0.2) is 0 Å². The minimum atomic E-state index is -3.89. The maximum atomic E-state index is 13.8. The van der Waals surface area contributed by atoms with Crippen LogP contribution in [-0.4, -0.2) is 29.3 Å². The summed E-state index contributed by atoms with van der Waals surface area (Å²) in [6.07, 6.45) is 1.31. The second-order valence-electron chi connectivity index (χ2n) is 9.10. The molecule has 0 bridgehead atoms. The first kappa shape index (κ1) is 24.9. The second-order valence-corrected chi connectivity index (χ2v) is 11.1. The molecule has 5 rings (SSSR count). The van der Waals surface area contributed by atoms with E-state index in [0.29, 0.717) is 28.8 Å². The Morgan fingerprint density at radius 2 is 1.54 bits per heavy atom. The number of aryl methyl sites for hydroxylation is 1. The van der Waals surface area contributed by atoms with Crippen molar-refractivity contribution in [2.24, 2.45) is 0 Å². The lowest BCUT2D eigenvalue weighted by Crippen LogP contribution is -2.36. The Morgan fingerprint density at radius 3 is 2.24 bits per heavy atom. The molecule has 188 valence electrons. The molecule has 0 saturated carbocycles. The van der Waals surface area contributed by atoms with Gasteiger partial charge < -0.3 is 0 Å². The number of para-hydroxylation sites is 1. The van der Waals surface area contributed by atoms with Crippen LogP contribution in [0.1, 0.15) is 37.7 Å². The average Bonchev–Trinajstić information content (AvgIpc) is 2.93. The number of nitrogens with zero attached hydrogens (tertiary/aromatic N) is 3. The molecule has 0 radical (unpaired) electrons. The quantitative estimate of drug-likeness (QED) is 0.274. The molecule has 0 spiro atoms. The van der Waals surface area contributed by atoms with Crippen molar-refractivity contribution in [3.63, 3.8) is 0 Å². The molecular weight excluding hydrogens is 482 g/mol. The lowest BCUT2D eigenvalue weighted by Gasteiger charge is -2.28. The van der Waals surface area contributed by atoms with Crippen LogP contribution in [0, 0.1) is 0 Å². The Hall–Kier alpha value is -3.81. The van der Waals surface area contributed by atoms with Crippen molar-refractivity contribution >= 4 is 31.7 Å². The van der Waals surface area contributed by atoms with E-state index in [1.165, 1.54) is 4.31 Å². The van der Waals surface area contributed by atoms with Crippen molar-refractivity contribution in [2.45, 2.75) is 37.6 Å². The van der Waals surface area contributed by atoms with Gasteiger partial charge in [-0.05, 0) is 65.6 Å². The van der Waals surface area contributed by atoms with Gasteiger partial charge in [-0.3, -0.25) is 9.36 Å². The third-order valence-electron chi connectivity index (χ3n) is 6.93. The van der Waals surface area contributed by atoms with Crippen molar-refractivity contribution in [2.75, 3.05) is 7.05 Å². The monoisotopic (exact) mass is 511 g/mol. The van der Waals surface area contributed by atoms with Crippen molar-refractivity contribution < 1.29 is 8.42 Å². The van der Waals surface area contributed by atoms with E-state index >= 15 is 0 Å². The fraction of sp³-hybridized carbons (Fsp3) is 0.200. The molecule has 4 aromatic carbocycles. The van der Waals surface area contributed by atoms with Gasteiger partial charge in [-0.25, -0.2) is 13.4 Å². The summed E-state index contributed by atoms with van der Waals surface area (Å²) in [6.45, 7) is 3.98. The number of rotatable bonds is 7. The van der Waals surface area contributed by atoms with Gasteiger partial charge in [-0.1, -0.05) is 68.4 Å². The Morgan fingerprint density at radius 1 is 0.865 bits per heavy atom. The van der Waals surface area contributed by atoms with Crippen LogP contribution < -0.4 is 5.56 Å². The highest BCUT2D eigenvalue weighted by molar-refractivity contribution is 7.89. The standard InChI is InChI=1S/C30H29N3O3S/c1-4-21-14-17-24(18-15-21)33-29(31-27-13-9-8-12-26(27)30(33)34)28(5-2)32(3)37(35,36)25-19-16-22-10-6-7-11-23(22)20-25/h6-20,28H,4-5H2,1-3H3. The number of fused-ring (bicyclic) bond motifs is 2. The van der Waals surface area contributed by atoms with E-state index in [4.69, 9.17) is 4.98 Å². The second kappa shape index (κ2) is 9.92. The molecule has 1 heterocycles. The number of hydrogen-bond donors (Lipinski definition) is 0. The van der Waals surface area contributed by atoms with E-state index in [-0.39, 0.29) is 10.5 Å². The third kappa shape index (κ3) is 4.45. The van der Waals surface area contributed by atoms with Gasteiger partial charge in [0.05, 0.1) is 27.5 Å². The Labute approximate surface area is 216 Å². The molecular formula is C30H29N3O3S. The minimum absolute atomic E-state index is 0.203. The summed E-state index contributed by atoms with van der Waals surface area (Å²) in [4.78, 5) is 18.8. The summed E-state index contributed by atoms with van der Waals surface area (Å²) in [5.74, 6) is 0.391. The van der Waals surface area contributed by atoms with E-state index < -0.39 is 16.1 Å². The molecule has 1 unspecified atom stereocenters. The van der Waals surface area contributed by atoms with Crippen LogP contribution >= 0.6 is 0 Å². The number of hydrogen-bond acceptors (Lipinski definition) is 4. The van der Waals surface area contributed by atoms with E-state index in [2.05, 4.69) is 6.92 Å². The van der Waals surface area contributed by atoms with Crippen molar-refractivity contribution in [1.82, 2.24) is 13.9 Å². The van der Waals surface area contributed by atoms with Crippen LogP contribution in [0.4, 0.5) is 0 Å². The largest absolute Gasteiger partial charge is 0.268 e. The molecule has 6 nitrogen and oxygen atoms in total. The van der Waals surface area contributed by atoms with E-state index in [1.807, 2.05) is 73.7 Å². The minimum Gasteiger partial charge on any atom is -0.268 e. The van der Waals surface area contributed by atoms with Crippen LogP contribution in [0.15, 0.2) is 101 Å². The van der Waals surface area contributed by atoms with Gasteiger partial charge in [-0.15, -0.1) is 0 Å². The molecule has 0 aliphatic carbocycles. The maximum absolute atomic E-state index is 13.8. The zero-order chi connectivity index (χ0) is 26.2. The van der Waals surface area contributed by atoms with Crippen LogP contribution in [0.2, 0.25) is 0 Å². The predicted molar refractivity (Wildman–Crippen MR) is 149 cm³/mol. The zero-order valence-electron chi connectivity index (χ0n) is 21.1. The predicted octanol–water partition coefficient (Wildman–Crippen LogP) is 5.87. The fourth-order valence-electron chi connectivity index (χ4n) is 4.77. The molecule has 37 heavy (non-hydrogen) atoms. The smallest absolute Gasteiger partial charge is 0.266 e. The van der Waals surface area contributed by atoms with Crippen LogP contribution in [0.5, 0.6) is 0 Å². The molecule has 0 aliphatic rings. The molecule has 1 aromatic heterocycles. The van der Waals surface area contributed by atoms with Crippen LogP contribution in [0.3, 0.4) is 0 Å². The Kier molecular flexibility index (Phi) is 6.67. The summed E-state index contributed by atoms with van der Waals surface area (Å²) in [5.41, 5.74) is 2.12. The summed E-state index contributed by atoms with van der Waals surface area (Å²) >= 11 is 0. The highest BCUT2D eigenvalue weighted by Crippen LogP contribution is 2.31. The fourth-order valence-corrected chi connectivity index (χ4v) is 6.19. The molecule has 0 fully saturated rings. The Balaban J connectivity index is 1.68. The summed E-state index contributed by atoms with van der Waals surface area (Å²) in [6, 6.07) is 27.1. The molecule has 1 atom stereocenters. The average molecular weight is 512 g/mol. The maximum Gasteiger partial charge on any atom is 0.266 e. The Bertz CT molecular complexity index is 1760. The third-order valence-corrected chi connectivity index (χ3v) is 8.79. The van der Waals surface area contributed by atoms with E-state index in [1.54, 1.807) is 35.9 Å². The molecule has 0 aliphatic heterocycles. The highest BCUT2D eigenvalue weighted by atomic mass is 32.2. The first-order valence-corrected chi connectivity index (χ1v) is 13.9. The number of benzene rings is 4. The lowest BCUT2D eigenvalue weighted by molar-refractivity contribution is 0.347. The zero-order valence-corrected chi connectivity index (χ0v) is 21.9. The first-order valence-electron chi connectivity index (χ1n) is 12.4. The van der Waals surface area contributed by atoms with Crippen LogP contribution in [0.25, 0.3) is 27.4 Å². The normalized spacial score (nSPS) is 12.9. The molecule has 7 heteroatoms. The summed E-state index contributed by atoms with van der Waals surface area (Å²) < 4.78 is 30.6. The number of aromatic nitrogens is 2. The van der Waals surface area contributed by atoms with Gasteiger partial charge in [0, 0.05) is 7.05 Å². The van der Waals surface area contributed by atoms with Crippen LogP contribution in [-0.2, 0) is 16.4 Å². The van der Waals surface area contributed by atoms with Crippen molar-refractivity contribution in [3.8, 4) is 5.69 Å². The molecule has 0 amide bonds. The molecule has 0 N–H and O–H groups in total. The summed E-state index contributed by atoms with van der Waals surface area (Å²) in [7, 11) is -2.33. The SMILES string of the molecule is CCc1ccc(-n2c(C(CC)N(C)S(=O)(=O)c3ccc4ccccc4c3)nc3ccccc3c2=O)cc1. The number of sulfonamides is 1. The molecule has 0 saturated heterocycles.